The zero-order valence-corrected chi connectivity index (χ0v) is 22.9. The van der Waals surface area contributed by atoms with E-state index in [1.165, 1.54) is 16.8 Å². The Morgan fingerprint density at radius 1 is 1.03 bits per heavy atom. The lowest BCUT2D eigenvalue weighted by atomic mass is 9.89. The van der Waals surface area contributed by atoms with Gasteiger partial charge in [-0.05, 0) is 62.2 Å². The Labute approximate surface area is 229 Å². The third kappa shape index (κ3) is 4.33. The quantitative estimate of drug-likeness (QED) is 0.515. The molecule has 3 aromatic rings. The van der Waals surface area contributed by atoms with E-state index < -0.39 is 5.72 Å². The van der Waals surface area contributed by atoms with Crippen molar-refractivity contribution in [3.63, 3.8) is 0 Å². The summed E-state index contributed by atoms with van der Waals surface area (Å²) in [5, 5.41) is 3.12. The number of piperazine rings is 1. The molecule has 202 valence electrons. The van der Waals surface area contributed by atoms with Gasteiger partial charge in [0.25, 0.3) is 5.91 Å². The number of carbonyl (C=O) groups is 2. The van der Waals surface area contributed by atoms with Crippen molar-refractivity contribution in [3.05, 3.63) is 82.9 Å². The Balaban J connectivity index is 1.22. The van der Waals surface area contributed by atoms with E-state index in [2.05, 4.69) is 42.3 Å². The van der Waals surface area contributed by atoms with Crippen LogP contribution in [0.4, 0.5) is 16.2 Å². The highest BCUT2D eigenvalue weighted by molar-refractivity contribution is 5.99. The molecule has 3 aliphatic heterocycles. The molecule has 2 bridgehead atoms. The Kier molecular flexibility index (Phi) is 6.13. The van der Waals surface area contributed by atoms with E-state index in [0.29, 0.717) is 42.3 Å². The third-order valence-corrected chi connectivity index (χ3v) is 8.11. The zero-order chi connectivity index (χ0) is 27.3. The highest BCUT2D eigenvalue weighted by Crippen LogP contribution is 2.49. The molecule has 2 saturated heterocycles. The largest absolute Gasteiger partial charge is 0.493 e. The van der Waals surface area contributed by atoms with Crippen LogP contribution in [0.5, 0.6) is 11.5 Å². The summed E-state index contributed by atoms with van der Waals surface area (Å²) in [6.07, 6.45) is 0.567. The molecule has 3 aliphatic rings. The van der Waals surface area contributed by atoms with Gasteiger partial charge in [-0.3, -0.25) is 9.69 Å². The van der Waals surface area contributed by atoms with Crippen molar-refractivity contribution in [3.8, 4) is 11.5 Å². The molecule has 3 amide bonds. The van der Waals surface area contributed by atoms with Crippen LogP contribution in [0.15, 0.2) is 60.7 Å². The number of benzene rings is 3. The van der Waals surface area contributed by atoms with Crippen LogP contribution < -0.4 is 24.6 Å². The number of amides is 3. The molecule has 1 N–H and O–H groups in total. The summed E-state index contributed by atoms with van der Waals surface area (Å²) in [7, 11) is 1.61. The Morgan fingerprint density at radius 3 is 2.56 bits per heavy atom. The molecule has 2 fully saturated rings. The second-order valence-electron chi connectivity index (χ2n) is 10.8. The maximum atomic E-state index is 13.6. The number of carbonyl (C=O) groups excluding carboxylic acids is 2. The van der Waals surface area contributed by atoms with Crippen LogP contribution in [0.25, 0.3) is 0 Å². The number of rotatable bonds is 4. The van der Waals surface area contributed by atoms with Gasteiger partial charge < -0.3 is 24.6 Å². The lowest BCUT2D eigenvalue weighted by Gasteiger charge is -2.50. The molecular weight excluding hydrogens is 492 g/mol. The van der Waals surface area contributed by atoms with Gasteiger partial charge in [-0.1, -0.05) is 30.3 Å². The van der Waals surface area contributed by atoms with Crippen molar-refractivity contribution < 1.29 is 19.1 Å². The van der Waals surface area contributed by atoms with Gasteiger partial charge in [-0.2, -0.15) is 0 Å². The van der Waals surface area contributed by atoms with Gasteiger partial charge >= 0.3 is 6.03 Å². The molecule has 2 unspecified atom stereocenters. The fourth-order valence-electron chi connectivity index (χ4n) is 6.08. The van der Waals surface area contributed by atoms with Crippen LogP contribution in [-0.2, 0) is 0 Å². The van der Waals surface area contributed by atoms with Gasteiger partial charge in [-0.15, -0.1) is 0 Å². The van der Waals surface area contributed by atoms with Gasteiger partial charge in [0.2, 0.25) is 0 Å². The van der Waals surface area contributed by atoms with Crippen molar-refractivity contribution in [1.82, 2.24) is 10.2 Å². The molecule has 8 heteroatoms. The van der Waals surface area contributed by atoms with Crippen LogP contribution in [0, 0.1) is 13.8 Å². The second kappa shape index (κ2) is 9.52. The van der Waals surface area contributed by atoms with E-state index in [1.807, 2.05) is 48.2 Å². The fourth-order valence-corrected chi connectivity index (χ4v) is 6.08. The first-order valence-corrected chi connectivity index (χ1v) is 13.5. The topological polar surface area (TPSA) is 74.3 Å². The van der Waals surface area contributed by atoms with Crippen molar-refractivity contribution in [2.24, 2.45) is 0 Å². The molecule has 6 rings (SSSR count). The van der Waals surface area contributed by atoms with Crippen LogP contribution in [0.3, 0.4) is 0 Å². The summed E-state index contributed by atoms with van der Waals surface area (Å²) in [6, 6.07) is 19.1. The number of anilines is 2. The number of nitrogens with one attached hydrogen (secondary N) is 1. The lowest BCUT2D eigenvalue weighted by molar-refractivity contribution is 0.0349. The van der Waals surface area contributed by atoms with E-state index in [0.717, 1.165) is 18.7 Å². The van der Waals surface area contributed by atoms with Crippen molar-refractivity contribution >= 4 is 23.3 Å². The standard InChI is InChI=1S/C31H34N4O4/c1-20-11-12-21(2)26(17-20)33-13-15-34(16-14-33)29(36)22-7-5-8-23(18-22)35-30(37)32-25-19-31(35,3)39-28-24(25)9-6-10-27(28)38-4/h5-12,17-18,25H,13-16,19H2,1-4H3,(H,32,37). The van der Waals surface area contributed by atoms with E-state index in [1.54, 1.807) is 18.1 Å². The highest BCUT2D eigenvalue weighted by atomic mass is 16.5. The predicted molar refractivity (Wildman–Crippen MR) is 151 cm³/mol. The van der Waals surface area contributed by atoms with Crippen molar-refractivity contribution in [1.29, 1.82) is 0 Å². The normalized spacial score (nSPS) is 22.1. The van der Waals surface area contributed by atoms with E-state index in [9.17, 15) is 9.59 Å². The number of fused-ring (bicyclic) bond motifs is 4. The van der Waals surface area contributed by atoms with Gasteiger partial charge in [-0.25, -0.2) is 4.79 Å². The summed E-state index contributed by atoms with van der Waals surface area (Å²) in [5.74, 6) is 1.23. The first-order valence-electron chi connectivity index (χ1n) is 13.5. The number of urea groups is 1. The first-order chi connectivity index (χ1) is 18.8. The van der Waals surface area contributed by atoms with Crippen LogP contribution >= 0.6 is 0 Å². The summed E-state index contributed by atoms with van der Waals surface area (Å²) < 4.78 is 12.0. The number of ether oxygens (including phenoxy) is 2. The molecule has 3 aromatic carbocycles. The van der Waals surface area contributed by atoms with E-state index in [4.69, 9.17) is 9.47 Å². The second-order valence-corrected chi connectivity index (χ2v) is 10.8. The molecule has 0 aromatic heterocycles. The Morgan fingerprint density at radius 2 is 1.79 bits per heavy atom. The number of methoxy groups -OCH3 is 1. The first kappa shape index (κ1) is 25.1. The average Bonchev–Trinajstić information content (AvgIpc) is 2.93. The van der Waals surface area contributed by atoms with Gasteiger partial charge in [0, 0.05) is 49.4 Å². The SMILES string of the molecule is COc1cccc2c1OC1(C)CC2NC(=O)N1c1cccc(C(=O)N2CCN(c3cc(C)ccc3C)CC2)c1. The van der Waals surface area contributed by atoms with Gasteiger partial charge in [0.05, 0.1) is 18.8 Å². The number of hydrogen-bond acceptors (Lipinski definition) is 5. The third-order valence-electron chi connectivity index (χ3n) is 8.11. The molecule has 2 atom stereocenters. The van der Waals surface area contributed by atoms with E-state index in [-0.39, 0.29) is 18.0 Å². The smallest absolute Gasteiger partial charge is 0.325 e. The fraction of sp³-hybridized carbons (Fsp3) is 0.355. The van der Waals surface area contributed by atoms with Crippen molar-refractivity contribution in [2.45, 2.75) is 39.0 Å². The number of nitrogens with zero attached hydrogens (tertiary/aromatic N) is 3. The van der Waals surface area contributed by atoms with Crippen LogP contribution in [0.1, 0.15) is 46.4 Å². The molecule has 0 aliphatic carbocycles. The molecule has 0 radical (unpaired) electrons. The minimum atomic E-state index is -0.937. The summed E-state index contributed by atoms with van der Waals surface area (Å²) in [5.41, 5.74) is 4.85. The number of hydrogen-bond donors (Lipinski definition) is 1. The highest BCUT2D eigenvalue weighted by Gasteiger charge is 2.50. The predicted octanol–water partition coefficient (Wildman–Crippen LogP) is 5.04. The van der Waals surface area contributed by atoms with Crippen LogP contribution in [-0.4, -0.2) is 55.9 Å². The Bertz CT molecular complexity index is 1450. The molecular formula is C31H34N4O4. The molecule has 0 saturated carbocycles. The van der Waals surface area contributed by atoms with Crippen LogP contribution in [0.2, 0.25) is 0 Å². The summed E-state index contributed by atoms with van der Waals surface area (Å²) in [6.45, 7) is 8.97. The monoisotopic (exact) mass is 526 g/mol. The Hall–Kier alpha value is -4.20. The summed E-state index contributed by atoms with van der Waals surface area (Å²) >= 11 is 0. The molecule has 0 spiro atoms. The van der Waals surface area contributed by atoms with E-state index >= 15 is 0 Å². The molecule has 8 nitrogen and oxygen atoms in total. The average molecular weight is 527 g/mol. The minimum Gasteiger partial charge on any atom is -0.493 e. The lowest BCUT2D eigenvalue weighted by Crippen LogP contribution is -2.65. The minimum absolute atomic E-state index is 0.0329. The zero-order valence-electron chi connectivity index (χ0n) is 22.9. The maximum Gasteiger partial charge on any atom is 0.325 e. The van der Waals surface area contributed by atoms with Gasteiger partial charge in [0.15, 0.2) is 17.2 Å². The molecule has 3 heterocycles. The summed E-state index contributed by atoms with van der Waals surface area (Å²) in [4.78, 5) is 32.8. The molecule has 39 heavy (non-hydrogen) atoms. The maximum absolute atomic E-state index is 13.6. The van der Waals surface area contributed by atoms with Gasteiger partial charge in [0.1, 0.15) is 0 Å². The number of para-hydroxylation sites is 1. The van der Waals surface area contributed by atoms with Crippen molar-refractivity contribution in [2.75, 3.05) is 43.1 Å². The number of aryl methyl sites for hydroxylation is 2.